The SMILES string of the molecule is CCCNc1nc2c(ccc3cccnc32)cc1C(C)C. The molecule has 0 fully saturated rings. The van der Waals surface area contributed by atoms with Gasteiger partial charge in [0, 0.05) is 23.5 Å². The minimum Gasteiger partial charge on any atom is -0.370 e. The summed E-state index contributed by atoms with van der Waals surface area (Å²) in [5.74, 6) is 1.44. The van der Waals surface area contributed by atoms with Gasteiger partial charge in [0.05, 0.1) is 11.0 Å². The summed E-state index contributed by atoms with van der Waals surface area (Å²) in [6.45, 7) is 7.52. The first-order valence-electron chi connectivity index (χ1n) is 7.63. The lowest BCUT2D eigenvalue weighted by Crippen LogP contribution is -2.07. The van der Waals surface area contributed by atoms with Crippen LogP contribution in [0.25, 0.3) is 21.8 Å². The molecule has 1 N–H and O–H groups in total. The van der Waals surface area contributed by atoms with Gasteiger partial charge in [0.2, 0.25) is 0 Å². The highest BCUT2D eigenvalue weighted by molar-refractivity contribution is 6.03. The lowest BCUT2D eigenvalue weighted by Gasteiger charge is -2.15. The largest absolute Gasteiger partial charge is 0.370 e. The molecule has 2 aromatic heterocycles. The zero-order chi connectivity index (χ0) is 14.8. The molecule has 2 heterocycles. The molecule has 0 spiro atoms. The van der Waals surface area contributed by atoms with E-state index in [9.17, 15) is 0 Å². The van der Waals surface area contributed by atoms with E-state index in [1.54, 1.807) is 0 Å². The summed E-state index contributed by atoms with van der Waals surface area (Å²) in [6.07, 6.45) is 2.92. The van der Waals surface area contributed by atoms with E-state index in [4.69, 9.17) is 4.98 Å². The van der Waals surface area contributed by atoms with Crippen LogP contribution in [0.15, 0.2) is 36.5 Å². The Bertz CT molecular complexity index is 778. The molecule has 0 unspecified atom stereocenters. The second kappa shape index (κ2) is 5.68. The maximum atomic E-state index is 4.89. The molecule has 3 heteroatoms. The Balaban J connectivity index is 2.27. The van der Waals surface area contributed by atoms with Gasteiger partial charge >= 0.3 is 0 Å². The van der Waals surface area contributed by atoms with Gasteiger partial charge in [-0.05, 0) is 30.0 Å². The van der Waals surface area contributed by atoms with E-state index in [1.807, 2.05) is 12.3 Å². The van der Waals surface area contributed by atoms with Crippen LogP contribution in [0.3, 0.4) is 0 Å². The van der Waals surface area contributed by atoms with Crippen LogP contribution in [-0.4, -0.2) is 16.5 Å². The topological polar surface area (TPSA) is 37.8 Å². The van der Waals surface area contributed by atoms with Gasteiger partial charge in [-0.15, -0.1) is 0 Å². The molecule has 0 bridgehead atoms. The predicted octanol–water partition coefficient (Wildman–Crippen LogP) is 4.73. The van der Waals surface area contributed by atoms with E-state index in [-0.39, 0.29) is 0 Å². The summed E-state index contributed by atoms with van der Waals surface area (Å²) in [7, 11) is 0. The number of rotatable bonds is 4. The van der Waals surface area contributed by atoms with E-state index < -0.39 is 0 Å². The summed E-state index contributed by atoms with van der Waals surface area (Å²) in [4.78, 5) is 9.40. The third-order valence-corrected chi connectivity index (χ3v) is 3.75. The highest BCUT2D eigenvalue weighted by Gasteiger charge is 2.12. The molecular formula is C18H21N3. The summed E-state index contributed by atoms with van der Waals surface area (Å²) in [6, 6.07) is 10.6. The Hall–Kier alpha value is -2.16. The quantitative estimate of drug-likeness (QED) is 0.702. The van der Waals surface area contributed by atoms with E-state index in [0.29, 0.717) is 5.92 Å². The van der Waals surface area contributed by atoms with Crippen molar-refractivity contribution in [2.75, 3.05) is 11.9 Å². The summed E-state index contributed by atoms with van der Waals surface area (Å²) in [5.41, 5.74) is 3.23. The van der Waals surface area contributed by atoms with Crippen molar-refractivity contribution in [3.05, 3.63) is 42.1 Å². The molecule has 0 aliphatic heterocycles. The normalized spacial score (nSPS) is 11.4. The molecule has 0 saturated heterocycles. The molecule has 3 nitrogen and oxygen atoms in total. The standard InChI is InChI=1S/C18H21N3/c1-4-9-20-18-15(12(2)3)11-14-8-7-13-6-5-10-19-16(13)17(14)21-18/h5-8,10-12H,4,9H2,1-3H3,(H,20,21). The van der Waals surface area contributed by atoms with Crippen molar-refractivity contribution in [2.24, 2.45) is 0 Å². The highest BCUT2D eigenvalue weighted by atomic mass is 15.0. The number of aromatic nitrogens is 2. The van der Waals surface area contributed by atoms with Crippen LogP contribution in [-0.2, 0) is 0 Å². The van der Waals surface area contributed by atoms with E-state index in [1.165, 1.54) is 5.56 Å². The van der Waals surface area contributed by atoms with Gasteiger partial charge in [-0.1, -0.05) is 39.0 Å². The van der Waals surface area contributed by atoms with Gasteiger partial charge in [-0.2, -0.15) is 0 Å². The van der Waals surface area contributed by atoms with E-state index in [0.717, 1.165) is 40.6 Å². The Labute approximate surface area is 125 Å². The Morgan fingerprint density at radius 3 is 2.67 bits per heavy atom. The summed E-state index contributed by atoms with van der Waals surface area (Å²) in [5, 5.41) is 5.76. The number of hydrogen-bond acceptors (Lipinski definition) is 3. The van der Waals surface area contributed by atoms with Gasteiger partial charge in [-0.25, -0.2) is 4.98 Å². The number of fused-ring (bicyclic) bond motifs is 3. The summed E-state index contributed by atoms with van der Waals surface area (Å²) < 4.78 is 0. The molecule has 3 rings (SSSR count). The zero-order valence-electron chi connectivity index (χ0n) is 12.9. The van der Waals surface area contributed by atoms with Crippen molar-refractivity contribution in [3.63, 3.8) is 0 Å². The maximum Gasteiger partial charge on any atom is 0.130 e. The number of benzene rings is 1. The first-order chi connectivity index (χ1) is 10.2. The summed E-state index contributed by atoms with van der Waals surface area (Å²) >= 11 is 0. The van der Waals surface area contributed by atoms with Crippen molar-refractivity contribution in [1.82, 2.24) is 9.97 Å². The van der Waals surface area contributed by atoms with Crippen LogP contribution in [0.4, 0.5) is 5.82 Å². The van der Waals surface area contributed by atoms with Crippen LogP contribution in [0, 0.1) is 0 Å². The molecule has 0 radical (unpaired) electrons. The molecular weight excluding hydrogens is 258 g/mol. The molecule has 0 amide bonds. The van der Waals surface area contributed by atoms with Gasteiger partial charge < -0.3 is 5.32 Å². The average Bonchev–Trinajstić information content (AvgIpc) is 2.51. The van der Waals surface area contributed by atoms with Gasteiger partial charge in [-0.3, -0.25) is 4.98 Å². The van der Waals surface area contributed by atoms with E-state index in [2.05, 4.69) is 55.3 Å². The monoisotopic (exact) mass is 279 g/mol. The van der Waals surface area contributed by atoms with Gasteiger partial charge in [0.1, 0.15) is 5.82 Å². The third kappa shape index (κ3) is 2.56. The lowest BCUT2D eigenvalue weighted by atomic mass is 10.0. The first-order valence-corrected chi connectivity index (χ1v) is 7.63. The molecule has 108 valence electrons. The zero-order valence-corrected chi connectivity index (χ0v) is 12.9. The maximum absolute atomic E-state index is 4.89. The second-order valence-corrected chi connectivity index (χ2v) is 5.72. The first kappa shape index (κ1) is 13.8. The number of nitrogens with one attached hydrogen (secondary N) is 1. The minimum atomic E-state index is 0.445. The predicted molar refractivity (Wildman–Crippen MR) is 89.9 cm³/mol. The second-order valence-electron chi connectivity index (χ2n) is 5.72. The van der Waals surface area contributed by atoms with Crippen molar-refractivity contribution < 1.29 is 0 Å². The molecule has 0 aliphatic rings. The van der Waals surface area contributed by atoms with Crippen LogP contribution in [0.1, 0.15) is 38.7 Å². The molecule has 1 aromatic carbocycles. The van der Waals surface area contributed by atoms with Crippen LogP contribution < -0.4 is 5.32 Å². The third-order valence-electron chi connectivity index (χ3n) is 3.75. The Morgan fingerprint density at radius 2 is 1.90 bits per heavy atom. The molecule has 0 saturated carbocycles. The minimum absolute atomic E-state index is 0.445. The van der Waals surface area contributed by atoms with Crippen molar-refractivity contribution >= 4 is 27.6 Å². The fourth-order valence-corrected chi connectivity index (χ4v) is 2.62. The number of nitrogens with zero attached hydrogens (tertiary/aromatic N) is 2. The average molecular weight is 279 g/mol. The number of hydrogen-bond donors (Lipinski definition) is 1. The number of anilines is 1. The smallest absolute Gasteiger partial charge is 0.130 e. The van der Waals surface area contributed by atoms with Gasteiger partial charge in [0.25, 0.3) is 0 Å². The fraction of sp³-hybridized carbons (Fsp3) is 0.333. The van der Waals surface area contributed by atoms with Crippen LogP contribution in [0.5, 0.6) is 0 Å². The number of pyridine rings is 2. The Morgan fingerprint density at radius 1 is 1.10 bits per heavy atom. The molecule has 0 aliphatic carbocycles. The molecule has 3 aromatic rings. The van der Waals surface area contributed by atoms with Crippen molar-refractivity contribution in [3.8, 4) is 0 Å². The fourth-order valence-electron chi connectivity index (χ4n) is 2.62. The highest BCUT2D eigenvalue weighted by Crippen LogP contribution is 2.30. The Kier molecular flexibility index (Phi) is 3.74. The molecule has 0 atom stereocenters. The molecule has 21 heavy (non-hydrogen) atoms. The van der Waals surface area contributed by atoms with Gasteiger partial charge in [0.15, 0.2) is 0 Å². The van der Waals surface area contributed by atoms with Crippen molar-refractivity contribution in [2.45, 2.75) is 33.1 Å². The van der Waals surface area contributed by atoms with Crippen LogP contribution in [0.2, 0.25) is 0 Å². The van der Waals surface area contributed by atoms with Crippen LogP contribution >= 0.6 is 0 Å². The van der Waals surface area contributed by atoms with Crippen molar-refractivity contribution in [1.29, 1.82) is 0 Å². The lowest BCUT2D eigenvalue weighted by molar-refractivity contribution is 0.856. The van der Waals surface area contributed by atoms with E-state index >= 15 is 0 Å².